The number of unbranched alkanes of at least 4 members (excludes halogenated alkanes) is 5. The zero-order valence-corrected chi connectivity index (χ0v) is 15.9. The Morgan fingerprint density at radius 1 is 0.682 bits per heavy atom. The van der Waals surface area contributed by atoms with Gasteiger partial charge in [-0.2, -0.15) is 0 Å². The molecule has 124 valence electrons. The summed E-state index contributed by atoms with van der Waals surface area (Å²) in [6, 6.07) is 0. The molecule has 0 radical (unpaired) electrons. The number of allylic oxidation sites excluding steroid dienone is 7. The van der Waals surface area contributed by atoms with Crippen LogP contribution < -0.4 is 0 Å². The lowest BCUT2D eigenvalue weighted by Gasteiger charge is -1.95. The lowest BCUT2D eigenvalue weighted by molar-refractivity contribution is 0.637. The van der Waals surface area contributed by atoms with Gasteiger partial charge in [0.2, 0.25) is 0 Å². The molecular weight excluding hydrogens is 332 g/mol. The molecule has 0 unspecified atom stereocenters. The second kappa shape index (κ2) is 20.2. The molecule has 0 saturated heterocycles. The maximum atomic E-state index is 3.39. The van der Waals surface area contributed by atoms with Crippen molar-refractivity contribution < 1.29 is 0 Å². The van der Waals surface area contributed by atoms with Crippen LogP contribution in [0.25, 0.3) is 0 Å². The summed E-state index contributed by atoms with van der Waals surface area (Å²) in [7, 11) is 0. The zero-order chi connectivity index (χ0) is 16.1. The molecule has 0 atom stereocenters. The molecule has 22 heavy (non-hydrogen) atoms. The fourth-order valence-electron chi connectivity index (χ4n) is 1.98. The van der Waals surface area contributed by atoms with E-state index in [1.54, 1.807) is 0 Å². The van der Waals surface area contributed by atoms with E-state index in [-0.39, 0.29) is 0 Å². The summed E-state index contributed by atoms with van der Waals surface area (Å²) in [6.45, 7) is 2.27. The van der Waals surface area contributed by atoms with Crippen LogP contribution >= 0.6 is 15.9 Å². The lowest BCUT2D eigenvalue weighted by atomic mass is 10.1. The lowest BCUT2D eigenvalue weighted by Crippen LogP contribution is -1.75. The van der Waals surface area contributed by atoms with E-state index < -0.39 is 0 Å². The second-order valence-electron chi connectivity index (χ2n) is 5.38. The van der Waals surface area contributed by atoms with Gasteiger partial charge in [-0.15, -0.1) is 5.73 Å². The van der Waals surface area contributed by atoms with E-state index in [4.69, 9.17) is 0 Å². The quantitative estimate of drug-likeness (QED) is 0.128. The molecule has 0 aliphatic rings. The SMILES string of the molecule is CCCCCCCC=CCC=CCC=CCC=C=CCCBr. The Bertz CT molecular complexity index is 354. The number of rotatable bonds is 14. The minimum absolute atomic E-state index is 0.977. The second-order valence-corrected chi connectivity index (χ2v) is 6.17. The molecule has 0 N–H and O–H groups in total. The number of hydrogen-bond donors (Lipinski definition) is 0. The Balaban J connectivity index is 3.41. The molecular formula is C21H33Br. The normalized spacial score (nSPS) is 11.5. The van der Waals surface area contributed by atoms with Gasteiger partial charge in [0.1, 0.15) is 0 Å². The van der Waals surface area contributed by atoms with Crippen LogP contribution in [0.15, 0.2) is 54.3 Å². The summed E-state index contributed by atoms with van der Waals surface area (Å²) in [5.74, 6) is 0. The standard InChI is InChI=1S/C21H33Br/c1-2-3-4-5-6-7-8-9-10-11-12-13-14-15-16-17-18-19-20-21-22/h8-9,11-12,14-15,17,19H,2-7,10,13,16,20-21H2,1H3. The van der Waals surface area contributed by atoms with Crippen molar-refractivity contribution in [2.45, 2.75) is 71.1 Å². The van der Waals surface area contributed by atoms with Crippen molar-refractivity contribution in [1.82, 2.24) is 0 Å². The first-order chi connectivity index (χ1) is 10.9. The molecule has 0 aromatic heterocycles. The van der Waals surface area contributed by atoms with Crippen LogP contribution in [0, 0.1) is 0 Å². The van der Waals surface area contributed by atoms with Crippen LogP contribution in [-0.4, -0.2) is 5.33 Å². The van der Waals surface area contributed by atoms with Crippen molar-refractivity contribution in [3.63, 3.8) is 0 Å². The van der Waals surface area contributed by atoms with Gasteiger partial charge >= 0.3 is 0 Å². The molecule has 0 aromatic rings. The zero-order valence-electron chi connectivity index (χ0n) is 14.3. The average molecular weight is 365 g/mol. The van der Waals surface area contributed by atoms with Crippen molar-refractivity contribution in [2.24, 2.45) is 0 Å². The first kappa shape index (κ1) is 21.2. The first-order valence-corrected chi connectivity index (χ1v) is 9.94. The maximum absolute atomic E-state index is 3.39. The molecule has 1 heteroatoms. The molecule has 0 fully saturated rings. The molecule has 0 aromatic carbocycles. The van der Waals surface area contributed by atoms with Crippen molar-refractivity contribution >= 4 is 15.9 Å². The Labute approximate surface area is 146 Å². The molecule has 0 bridgehead atoms. The Morgan fingerprint density at radius 3 is 2.00 bits per heavy atom. The van der Waals surface area contributed by atoms with E-state index in [0.29, 0.717) is 0 Å². The third kappa shape index (κ3) is 19.2. The molecule has 0 rings (SSSR count). The molecule has 0 aliphatic carbocycles. The van der Waals surface area contributed by atoms with E-state index in [0.717, 1.165) is 31.0 Å². The fourth-order valence-corrected chi connectivity index (χ4v) is 2.21. The predicted octanol–water partition coefficient (Wildman–Crippen LogP) is 7.68. The monoisotopic (exact) mass is 364 g/mol. The maximum Gasteiger partial charge on any atom is 0.00719 e. The van der Waals surface area contributed by atoms with Gasteiger partial charge in [0.25, 0.3) is 0 Å². The van der Waals surface area contributed by atoms with E-state index in [2.05, 4.69) is 77.2 Å². The highest BCUT2D eigenvalue weighted by Gasteiger charge is 1.85. The summed E-state index contributed by atoms with van der Waals surface area (Å²) in [5, 5.41) is 1.02. The van der Waals surface area contributed by atoms with Gasteiger partial charge in [0, 0.05) is 5.33 Å². The number of alkyl halides is 1. The van der Waals surface area contributed by atoms with Gasteiger partial charge in [0.15, 0.2) is 0 Å². The van der Waals surface area contributed by atoms with Gasteiger partial charge in [-0.1, -0.05) is 85.0 Å². The van der Waals surface area contributed by atoms with Crippen LogP contribution in [0.1, 0.15) is 71.1 Å². The van der Waals surface area contributed by atoms with E-state index in [9.17, 15) is 0 Å². The molecule has 0 aliphatic heterocycles. The van der Waals surface area contributed by atoms with Gasteiger partial charge in [-0.3, -0.25) is 0 Å². The summed E-state index contributed by atoms with van der Waals surface area (Å²) in [4.78, 5) is 0. The third-order valence-electron chi connectivity index (χ3n) is 3.26. The highest BCUT2D eigenvalue weighted by atomic mass is 79.9. The van der Waals surface area contributed by atoms with Crippen LogP contribution in [0.4, 0.5) is 0 Å². The van der Waals surface area contributed by atoms with Gasteiger partial charge in [0.05, 0.1) is 0 Å². The fraction of sp³-hybridized carbons (Fsp3) is 0.571. The summed E-state index contributed by atoms with van der Waals surface area (Å²) < 4.78 is 0. The smallest absolute Gasteiger partial charge is 0.00719 e. The van der Waals surface area contributed by atoms with Crippen LogP contribution in [0.2, 0.25) is 0 Å². The minimum atomic E-state index is 0.977. The number of halogens is 1. The van der Waals surface area contributed by atoms with Crippen LogP contribution in [-0.2, 0) is 0 Å². The largest absolute Gasteiger partial charge is 0.129 e. The highest BCUT2D eigenvalue weighted by Crippen LogP contribution is 2.05. The summed E-state index contributed by atoms with van der Waals surface area (Å²) in [5.41, 5.74) is 3.17. The van der Waals surface area contributed by atoms with Gasteiger partial charge in [-0.25, -0.2) is 0 Å². The minimum Gasteiger partial charge on any atom is -0.129 e. The predicted molar refractivity (Wildman–Crippen MR) is 106 cm³/mol. The highest BCUT2D eigenvalue weighted by molar-refractivity contribution is 9.09. The molecule has 0 spiro atoms. The molecule has 0 nitrogen and oxygen atoms in total. The van der Waals surface area contributed by atoms with Crippen molar-refractivity contribution in [2.75, 3.05) is 5.33 Å². The third-order valence-corrected chi connectivity index (χ3v) is 3.72. The first-order valence-electron chi connectivity index (χ1n) is 8.82. The van der Waals surface area contributed by atoms with Crippen LogP contribution in [0.3, 0.4) is 0 Å². The van der Waals surface area contributed by atoms with Gasteiger partial charge < -0.3 is 0 Å². The summed E-state index contributed by atoms with van der Waals surface area (Å²) in [6.07, 6.45) is 29.9. The van der Waals surface area contributed by atoms with E-state index in [1.807, 2.05) is 0 Å². The topological polar surface area (TPSA) is 0 Å². The Kier molecular flexibility index (Phi) is 19.5. The van der Waals surface area contributed by atoms with Crippen molar-refractivity contribution in [3.8, 4) is 0 Å². The van der Waals surface area contributed by atoms with Gasteiger partial charge in [-0.05, 0) is 50.7 Å². The van der Waals surface area contributed by atoms with E-state index >= 15 is 0 Å². The van der Waals surface area contributed by atoms with E-state index in [1.165, 1.54) is 38.5 Å². The van der Waals surface area contributed by atoms with Crippen molar-refractivity contribution in [3.05, 3.63) is 54.3 Å². The Morgan fingerprint density at radius 2 is 1.32 bits per heavy atom. The van der Waals surface area contributed by atoms with Crippen molar-refractivity contribution in [1.29, 1.82) is 0 Å². The summed E-state index contributed by atoms with van der Waals surface area (Å²) >= 11 is 3.39. The number of hydrogen-bond acceptors (Lipinski definition) is 0. The molecule has 0 heterocycles. The molecule has 0 amide bonds. The molecule has 0 saturated carbocycles. The Hall–Kier alpha value is -0.780. The van der Waals surface area contributed by atoms with Crippen LogP contribution in [0.5, 0.6) is 0 Å². The average Bonchev–Trinajstić information content (AvgIpc) is 2.54.